The number of rotatable bonds is 6. The third-order valence-corrected chi connectivity index (χ3v) is 1.89. The van der Waals surface area contributed by atoms with E-state index in [1.165, 1.54) is 6.92 Å². The molecule has 0 radical (unpaired) electrons. The Hall–Kier alpha value is -1.51. The Kier molecular flexibility index (Phi) is 10.6. The van der Waals surface area contributed by atoms with Crippen LogP contribution in [0.15, 0.2) is 0 Å². The van der Waals surface area contributed by atoms with Crippen molar-refractivity contribution in [2.75, 3.05) is 27.7 Å². The van der Waals surface area contributed by atoms with Gasteiger partial charge in [0.05, 0.1) is 40.1 Å². The number of hydrogen-bond acceptors (Lipinski definition) is 6. The zero-order chi connectivity index (χ0) is 17.2. The average Bonchev–Trinajstić information content (AvgIpc) is 2.09. The van der Waals surface area contributed by atoms with Crippen molar-refractivity contribution in [3.05, 3.63) is 0 Å². The molecule has 8 nitrogen and oxygen atoms in total. The van der Waals surface area contributed by atoms with Crippen molar-refractivity contribution in [2.24, 2.45) is 0 Å². The highest BCUT2D eigenvalue weighted by Gasteiger charge is 2.17. The van der Waals surface area contributed by atoms with Crippen LogP contribution >= 0.6 is 0 Å². The summed E-state index contributed by atoms with van der Waals surface area (Å²) in [7, 11) is 5.72. The number of aliphatic hydroxyl groups is 2. The van der Waals surface area contributed by atoms with Crippen LogP contribution in [0.4, 0.5) is 0 Å². The molecule has 0 aliphatic heterocycles. The number of carbonyl (C=O) groups is 3. The quantitative estimate of drug-likeness (QED) is 0.339. The summed E-state index contributed by atoms with van der Waals surface area (Å²) in [6.45, 7) is 3.05. The Balaban J connectivity index is 0. The van der Waals surface area contributed by atoms with Gasteiger partial charge < -0.3 is 24.5 Å². The van der Waals surface area contributed by atoms with Crippen LogP contribution in [-0.4, -0.2) is 77.6 Å². The average molecular weight is 308 g/mol. The lowest BCUT2D eigenvalue weighted by molar-refractivity contribution is -0.873. The number of carboxylic acid groups (broad SMARTS) is 1. The first-order valence-corrected chi connectivity index (χ1v) is 6.43. The van der Waals surface area contributed by atoms with Gasteiger partial charge in [0.2, 0.25) is 0 Å². The second kappa shape index (κ2) is 10.3. The molecule has 0 aliphatic carbocycles. The second-order valence-electron chi connectivity index (χ2n) is 5.74. The molecule has 0 heterocycles. The zero-order valence-corrected chi connectivity index (χ0v) is 13.2. The lowest BCUT2D eigenvalue weighted by atomic mass is 10.2. The molecule has 3 N–H and O–H groups in total. The van der Waals surface area contributed by atoms with Crippen LogP contribution < -0.4 is 0 Å². The number of aliphatic carboxylic acids is 1. The van der Waals surface area contributed by atoms with Crippen molar-refractivity contribution in [3.63, 3.8) is 0 Å². The highest BCUT2D eigenvalue weighted by atomic mass is 16.6. The fourth-order valence-electron chi connectivity index (χ4n) is 1.34. The van der Waals surface area contributed by atoms with Crippen molar-refractivity contribution in [3.8, 4) is 0 Å². The molecule has 0 aromatic rings. The van der Waals surface area contributed by atoms with Crippen LogP contribution in [-0.2, 0) is 19.1 Å². The van der Waals surface area contributed by atoms with Gasteiger partial charge in [-0.2, -0.15) is 0 Å². The molecule has 0 fully saturated rings. The first kappa shape index (κ1) is 21.8. The molecule has 2 atom stereocenters. The number of ether oxygens (including phenoxy) is 1. The lowest BCUT2D eigenvalue weighted by Crippen LogP contribution is -2.42. The topological polar surface area (TPSA) is 121 Å². The summed E-state index contributed by atoms with van der Waals surface area (Å²) >= 11 is 0. The lowest BCUT2D eigenvalue weighted by Gasteiger charge is -2.25. The molecule has 0 saturated heterocycles. The zero-order valence-electron chi connectivity index (χ0n) is 13.2. The summed E-state index contributed by atoms with van der Waals surface area (Å²) in [4.78, 5) is 30.7. The van der Waals surface area contributed by atoms with E-state index in [0.717, 1.165) is 6.92 Å². The van der Waals surface area contributed by atoms with Gasteiger partial charge in [0.25, 0.3) is 0 Å². The summed E-state index contributed by atoms with van der Waals surface area (Å²) in [6.07, 6.45) is -1.81. The number of likely N-dealkylation sites (N-methyl/N-ethyl adjacent to an activating group) is 1. The maximum atomic E-state index is 10.5. The Bertz CT molecular complexity index is 347. The number of aliphatic hydroxyl groups excluding tert-OH is 2. The summed E-state index contributed by atoms with van der Waals surface area (Å²) < 4.78 is 4.70. The number of carboxylic acids is 1. The Labute approximate surface area is 124 Å². The van der Waals surface area contributed by atoms with Crippen molar-refractivity contribution in [1.29, 1.82) is 0 Å². The maximum absolute atomic E-state index is 10.5. The molecule has 0 aliphatic rings. The summed E-state index contributed by atoms with van der Waals surface area (Å²) in [5, 5.41) is 26.1. The molecule has 0 rings (SSSR count). The minimum Gasteiger partial charge on any atom is -0.481 e. The fourth-order valence-corrected chi connectivity index (χ4v) is 1.34. The van der Waals surface area contributed by atoms with Crippen LogP contribution in [0, 0.1) is 0 Å². The van der Waals surface area contributed by atoms with Crippen molar-refractivity contribution >= 4 is 17.9 Å². The molecular formula is C13H26NO7+. The summed E-state index contributed by atoms with van der Waals surface area (Å²) in [6, 6.07) is 0. The highest BCUT2D eigenvalue weighted by Crippen LogP contribution is 1.98. The SMILES string of the molecule is CC(=O)OC(=O)CC(C)O.C[N+](C)(C)C[C@H](O)CC(=O)O. The molecule has 0 aromatic heterocycles. The maximum Gasteiger partial charge on any atom is 0.316 e. The van der Waals surface area contributed by atoms with E-state index in [1.54, 1.807) is 0 Å². The van der Waals surface area contributed by atoms with Gasteiger partial charge in [-0.25, -0.2) is 0 Å². The molecule has 124 valence electrons. The van der Waals surface area contributed by atoms with Crippen LogP contribution in [0.25, 0.3) is 0 Å². The number of quaternary nitrogens is 1. The molecule has 0 bridgehead atoms. The molecule has 0 aromatic carbocycles. The van der Waals surface area contributed by atoms with Crippen LogP contribution in [0.5, 0.6) is 0 Å². The van der Waals surface area contributed by atoms with Crippen LogP contribution in [0.3, 0.4) is 0 Å². The molecule has 0 spiro atoms. The third-order valence-electron chi connectivity index (χ3n) is 1.89. The van der Waals surface area contributed by atoms with Gasteiger partial charge in [0, 0.05) is 6.92 Å². The van der Waals surface area contributed by atoms with Gasteiger partial charge in [-0.3, -0.25) is 14.4 Å². The van der Waals surface area contributed by atoms with Gasteiger partial charge in [0.1, 0.15) is 12.6 Å². The van der Waals surface area contributed by atoms with Gasteiger partial charge in [-0.05, 0) is 6.92 Å². The van der Waals surface area contributed by atoms with E-state index in [-0.39, 0.29) is 12.8 Å². The third kappa shape index (κ3) is 21.0. The summed E-state index contributed by atoms with van der Waals surface area (Å²) in [5.41, 5.74) is 0. The molecule has 1 unspecified atom stereocenters. The monoisotopic (exact) mass is 308 g/mol. The van der Waals surface area contributed by atoms with E-state index in [4.69, 9.17) is 15.3 Å². The highest BCUT2D eigenvalue weighted by molar-refractivity contribution is 5.84. The number of nitrogens with zero attached hydrogens (tertiary/aromatic N) is 1. The number of carbonyl (C=O) groups excluding carboxylic acids is 2. The van der Waals surface area contributed by atoms with E-state index in [9.17, 15) is 14.4 Å². The first-order chi connectivity index (χ1) is 9.33. The van der Waals surface area contributed by atoms with Gasteiger partial charge >= 0.3 is 17.9 Å². The molecule has 0 amide bonds. The van der Waals surface area contributed by atoms with Gasteiger partial charge in [0.15, 0.2) is 0 Å². The number of esters is 2. The van der Waals surface area contributed by atoms with E-state index in [1.807, 2.05) is 21.1 Å². The minimum atomic E-state index is -0.953. The molecule has 8 heteroatoms. The summed E-state index contributed by atoms with van der Waals surface area (Å²) in [5.74, 6) is -2.29. The normalized spacial score (nSPS) is 13.5. The first-order valence-electron chi connectivity index (χ1n) is 6.43. The fraction of sp³-hybridized carbons (Fsp3) is 0.769. The van der Waals surface area contributed by atoms with E-state index < -0.39 is 30.1 Å². The van der Waals surface area contributed by atoms with Crippen LogP contribution in [0.2, 0.25) is 0 Å². The Morgan fingerprint density at radius 1 is 1.10 bits per heavy atom. The Morgan fingerprint density at radius 2 is 1.57 bits per heavy atom. The van der Waals surface area contributed by atoms with Crippen molar-refractivity contribution in [2.45, 2.75) is 38.9 Å². The van der Waals surface area contributed by atoms with E-state index in [0.29, 0.717) is 11.0 Å². The molecule has 21 heavy (non-hydrogen) atoms. The van der Waals surface area contributed by atoms with Crippen molar-refractivity contribution in [1.82, 2.24) is 0 Å². The predicted octanol–water partition coefficient (Wildman–Crippen LogP) is -0.625. The second-order valence-corrected chi connectivity index (χ2v) is 5.74. The smallest absolute Gasteiger partial charge is 0.316 e. The predicted molar refractivity (Wildman–Crippen MR) is 74.2 cm³/mol. The van der Waals surface area contributed by atoms with Gasteiger partial charge in [-0.15, -0.1) is 0 Å². The van der Waals surface area contributed by atoms with E-state index >= 15 is 0 Å². The minimum absolute atomic E-state index is 0.139. The standard InChI is InChI=1S/C7H15NO3.C6H10O4/c1-8(2,3)5-6(9)4-7(10)11;1-4(7)3-6(9)10-5(2)8/h6,9H,4-5H2,1-3H3;4,7H,3H2,1-2H3/p+1/t6-;/m1./s1. The largest absolute Gasteiger partial charge is 0.481 e. The van der Waals surface area contributed by atoms with Gasteiger partial charge in [-0.1, -0.05) is 0 Å². The Morgan fingerprint density at radius 3 is 1.86 bits per heavy atom. The van der Waals surface area contributed by atoms with E-state index in [2.05, 4.69) is 4.74 Å². The number of hydrogen-bond donors (Lipinski definition) is 3. The molecule has 0 saturated carbocycles. The van der Waals surface area contributed by atoms with Crippen molar-refractivity contribution < 1.29 is 38.9 Å². The van der Waals surface area contributed by atoms with Crippen LogP contribution in [0.1, 0.15) is 26.7 Å². The molecular weight excluding hydrogens is 282 g/mol.